The van der Waals surface area contributed by atoms with Crippen molar-refractivity contribution in [3.05, 3.63) is 0 Å². The van der Waals surface area contributed by atoms with Crippen LogP contribution in [0.1, 0.15) is 26.7 Å². The van der Waals surface area contributed by atoms with E-state index in [1.54, 1.807) is 0 Å². The lowest BCUT2D eigenvalue weighted by Gasteiger charge is -2.34. The molecule has 3 nitrogen and oxygen atoms in total. The molecule has 15 heavy (non-hydrogen) atoms. The van der Waals surface area contributed by atoms with Crippen molar-refractivity contribution >= 4 is 0 Å². The largest absolute Gasteiger partial charge is 0.390 e. The molecule has 1 N–H and O–H groups in total. The first-order valence-corrected chi connectivity index (χ1v) is 5.69. The van der Waals surface area contributed by atoms with Crippen molar-refractivity contribution in [2.45, 2.75) is 38.9 Å². The van der Waals surface area contributed by atoms with Crippen LogP contribution in [0.25, 0.3) is 0 Å². The van der Waals surface area contributed by atoms with E-state index >= 15 is 0 Å². The van der Waals surface area contributed by atoms with E-state index in [0.717, 1.165) is 32.7 Å². The fraction of sp³-hybridized carbons (Fsp3) is 0.833. The summed E-state index contributed by atoms with van der Waals surface area (Å²) in [5, 5.41) is 9.89. The summed E-state index contributed by atoms with van der Waals surface area (Å²) in [5.74, 6) is 5.80. The Morgan fingerprint density at radius 3 is 3.07 bits per heavy atom. The van der Waals surface area contributed by atoms with Gasteiger partial charge in [-0.1, -0.05) is 6.92 Å². The second-order valence-corrected chi connectivity index (χ2v) is 3.84. The molecule has 86 valence electrons. The highest BCUT2D eigenvalue weighted by atomic mass is 16.5. The summed E-state index contributed by atoms with van der Waals surface area (Å²) in [4.78, 5) is 2.31. The summed E-state index contributed by atoms with van der Waals surface area (Å²) in [6.07, 6.45) is 1.06. The van der Waals surface area contributed by atoms with Crippen molar-refractivity contribution in [2.75, 3.05) is 26.2 Å². The van der Waals surface area contributed by atoms with Gasteiger partial charge in [0.25, 0.3) is 0 Å². The Balaban J connectivity index is 2.30. The third-order valence-electron chi connectivity index (χ3n) is 2.80. The topological polar surface area (TPSA) is 32.7 Å². The van der Waals surface area contributed by atoms with Gasteiger partial charge < -0.3 is 9.84 Å². The average Bonchev–Trinajstić information content (AvgIpc) is 2.29. The average molecular weight is 211 g/mol. The van der Waals surface area contributed by atoms with Crippen LogP contribution in [0.3, 0.4) is 0 Å². The van der Waals surface area contributed by atoms with Gasteiger partial charge in [-0.2, -0.15) is 0 Å². The molecule has 1 rings (SSSR count). The van der Waals surface area contributed by atoms with E-state index < -0.39 is 0 Å². The minimum absolute atomic E-state index is 0.0302. The first kappa shape index (κ1) is 12.5. The number of morpholine rings is 1. The van der Waals surface area contributed by atoms with Gasteiger partial charge in [0.05, 0.1) is 18.8 Å². The molecule has 1 aliphatic heterocycles. The highest BCUT2D eigenvalue weighted by Crippen LogP contribution is 2.12. The van der Waals surface area contributed by atoms with Crippen molar-refractivity contribution in [3.8, 4) is 11.8 Å². The maximum Gasteiger partial charge on any atom is 0.0961 e. The Bertz CT molecular complexity index is 232. The Labute approximate surface area is 92.4 Å². The quantitative estimate of drug-likeness (QED) is 0.700. The third-order valence-corrected chi connectivity index (χ3v) is 2.80. The van der Waals surface area contributed by atoms with Gasteiger partial charge in [-0.05, 0) is 19.9 Å². The number of hydrogen-bond acceptors (Lipinski definition) is 3. The van der Waals surface area contributed by atoms with Crippen LogP contribution in [0.15, 0.2) is 0 Å². The molecule has 2 unspecified atom stereocenters. The van der Waals surface area contributed by atoms with E-state index in [1.165, 1.54) is 0 Å². The number of nitrogens with zero attached hydrogens (tertiary/aromatic N) is 1. The summed E-state index contributed by atoms with van der Waals surface area (Å²) >= 11 is 0. The van der Waals surface area contributed by atoms with Crippen LogP contribution in [-0.2, 0) is 4.74 Å². The van der Waals surface area contributed by atoms with E-state index in [0.29, 0.717) is 6.42 Å². The van der Waals surface area contributed by atoms with Gasteiger partial charge in [0, 0.05) is 19.5 Å². The molecule has 0 spiro atoms. The number of hydrogen-bond donors (Lipinski definition) is 1. The van der Waals surface area contributed by atoms with Crippen LogP contribution in [0.4, 0.5) is 0 Å². The Morgan fingerprint density at radius 1 is 1.60 bits per heavy atom. The molecule has 1 fully saturated rings. The second-order valence-electron chi connectivity index (χ2n) is 3.84. The maximum absolute atomic E-state index is 9.89. The first-order chi connectivity index (χ1) is 7.27. The molecule has 0 aromatic heterocycles. The van der Waals surface area contributed by atoms with Gasteiger partial charge in [0.1, 0.15) is 0 Å². The van der Waals surface area contributed by atoms with Gasteiger partial charge in [0.15, 0.2) is 0 Å². The molecule has 1 heterocycles. The fourth-order valence-electron chi connectivity index (χ4n) is 1.78. The van der Waals surface area contributed by atoms with E-state index in [1.807, 2.05) is 6.92 Å². The number of rotatable bonds is 4. The monoisotopic (exact) mass is 211 g/mol. The Morgan fingerprint density at radius 2 is 2.40 bits per heavy atom. The smallest absolute Gasteiger partial charge is 0.0961 e. The predicted molar refractivity (Wildman–Crippen MR) is 60.5 cm³/mol. The van der Waals surface area contributed by atoms with Crippen LogP contribution in [0, 0.1) is 11.8 Å². The molecule has 0 aromatic rings. The van der Waals surface area contributed by atoms with Crippen molar-refractivity contribution in [3.63, 3.8) is 0 Å². The molecule has 0 amide bonds. The van der Waals surface area contributed by atoms with Crippen LogP contribution < -0.4 is 0 Å². The molecule has 0 saturated carbocycles. The van der Waals surface area contributed by atoms with Crippen molar-refractivity contribution in [1.29, 1.82) is 0 Å². The van der Waals surface area contributed by atoms with E-state index in [2.05, 4.69) is 23.7 Å². The summed E-state index contributed by atoms with van der Waals surface area (Å²) in [5.41, 5.74) is 0. The lowest BCUT2D eigenvalue weighted by molar-refractivity contribution is -0.0887. The van der Waals surface area contributed by atoms with Crippen molar-refractivity contribution < 1.29 is 9.84 Å². The highest BCUT2D eigenvalue weighted by Gasteiger charge is 2.25. The van der Waals surface area contributed by atoms with Crippen molar-refractivity contribution in [1.82, 2.24) is 4.90 Å². The van der Waals surface area contributed by atoms with Gasteiger partial charge >= 0.3 is 0 Å². The molecule has 3 heteroatoms. The minimum Gasteiger partial charge on any atom is -0.390 e. The molecule has 0 bridgehead atoms. The van der Waals surface area contributed by atoms with Gasteiger partial charge in [-0.3, -0.25) is 4.90 Å². The predicted octanol–water partition coefficient (Wildman–Crippen LogP) is 0.871. The molecule has 1 aliphatic rings. The molecule has 0 radical (unpaired) electrons. The second kappa shape index (κ2) is 6.84. The highest BCUT2D eigenvalue weighted by molar-refractivity contribution is 4.95. The number of aliphatic hydroxyl groups is 1. The van der Waals surface area contributed by atoms with Crippen LogP contribution in [0.2, 0.25) is 0 Å². The van der Waals surface area contributed by atoms with Gasteiger partial charge in [-0.15, -0.1) is 11.8 Å². The van der Waals surface area contributed by atoms with Crippen LogP contribution in [0.5, 0.6) is 0 Å². The van der Waals surface area contributed by atoms with E-state index in [-0.39, 0.29) is 12.2 Å². The van der Waals surface area contributed by atoms with Crippen molar-refractivity contribution in [2.24, 2.45) is 0 Å². The first-order valence-electron chi connectivity index (χ1n) is 5.69. The minimum atomic E-state index is -0.375. The third kappa shape index (κ3) is 4.21. The standard InChI is InChI=1S/C12H21NO2/c1-3-5-6-7-11(14)12-10-13(4-2)8-9-15-12/h11-12,14H,4,6-10H2,1-2H3. The summed E-state index contributed by atoms with van der Waals surface area (Å²) in [6, 6.07) is 0. The Hall–Kier alpha value is -0.560. The fourth-order valence-corrected chi connectivity index (χ4v) is 1.78. The molecule has 0 aromatic carbocycles. The maximum atomic E-state index is 9.89. The van der Waals surface area contributed by atoms with Crippen LogP contribution >= 0.6 is 0 Å². The van der Waals surface area contributed by atoms with Gasteiger partial charge in [0.2, 0.25) is 0 Å². The lowest BCUT2D eigenvalue weighted by atomic mass is 10.1. The zero-order chi connectivity index (χ0) is 11.1. The molecular weight excluding hydrogens is 190 g/mol. The van der Waals surface area contributed by atoms with Gasteiger partial charge in [-0.25, -0.2) is 0 Å². The number of aliphatic hydroxyl groups excluding tert-OH is 1. The summed E-state index contributed by atoms with van der Waals surface area (Å²) in [6.45, 7) is 7.54. The number of ether oxygens (including phenoxy) is 1. The van der Waals surface area contributed by atoms with E-state index in [4.69, 9.17) is 4.74 Å². The summed E-state index contributed by atoms with van der Waals surface area (Å²) in [7, 11) is 0. The van der Waals surface area contributed by atoms with E-state index in [9.17, 15) is 5.11 Å². The zero-order valence-corrected chi connectivity index (χ0v) is 9.70. The SMILES string of the molecule is CC#CCCC(O)C1CN(CC)CCO1. The Kier molecular flexibility index (Phi) is 5.70. The molecular formula is C12H21NO2. The molecule has 1 saturated heterocycles. The molecule has 2 atom stereocenters. The number of likely N-dealkylation sites (N-methyl/N-ethyl adjacent to an activating group) is 1. The lowest BCUT2D eigenvalue weighted by Crippen LogP contribution is -2.47. The van der Waals surface area contributed by atoms with Crippen LogP contribution in [-0.4, -0.2) is 48.5 Å². The summed E-state index contributed by atoms with van der Waals surface area (Å²) < 4.78 is 5.56. The molecule has 0 aliphatic carbocycles. The zero-order valence-electron chi connectivity index (χ0n) is 9.70. The normalized spacial score (nSPS) is 24.3.